The highest BCUT2D eigenvalue weighted by molar-refractivity contribution is 6.00. The van der Waals surface area contributed by atoms with E-state index in [-0.39, 0.29) is 11.9 Å². The lowest BCUT2D eigenvalue weighted by molar-refractivity contribution is 0.0385. The molecule has 0 aromatic heterocycles. The number of carbonyl (C=O) groups is 1. The van der Waals surface area contributed by atoms with Gasteiger partial charge in [0.1, 0.15) is 6.10 Å². The number of rotatable bonds is 5. The number of ether oxygens (including phenoxy) is 1. The Morgan fingerprint density at radius 1 is 1.24 bits per heavy atom. The van der Waals surface area contributed by atoms with Crippen LogP contribution in [0.1, 0.15) is 42.3 Å². The molecule has 1 atom stereocenters. The van der Waals surface area contributed by atoms with E-state index in [4.69, 9.17) is 4.74 Å². The van der Waals surface area contributed by atoms with E-state index < -0.39 is 0 Å². The summed E-state index contributed by atoms with van der Waals surface area (Å²) >= 11 is 0. The number of hydrogen-bond acceptors (Lipinski definition) is 2. The van der Waals surface area contributed by atoms with E-state index in [9.17, 15) is 4.79 Å². The molecule has 0 saturated heterocycles. The van der Waals surface area contributed by atoms with Gasteiger partial charge in [-0.25, -0.2) is 0 Å². The summed E-state index contributed by atoms with van der Waals surface area (Å²) < 4.78 is 5.56. The molecule has 0 radical (unpaired) electrons. The van der Waals surface area contributed by atoms with E-state index in [0.717, 1.165) is 16.7 Å². The van der Waals surface area contributed by atoms with Crippen LogP contribution in [-0.2, 0) is 4.74 Å². The molecule has 0 aliphatic carbocycles. The maximum atomic E-state index is 12.2. The fourth-order valence-corrected chi connectivity index (χ4v) is 1.63. The van der Waals surface area contributed by atoms with Gasteiger partial charge in [0.15, 0.2) is 5.78 Å². The number of carbonyl (C=O) groups excluding carboxylic acids is 1. The zero-order valence-corrected chi connectivity index (χ0v) is 11.4. The summed E-state index contributed by atoms with van der Waals surface area (Å²) in [6.45, 7) is 10.6. The largest absolute Gasteiger partial charge is 0.370 e. The molecule has 0 aliphatic rings. The predicted octanol–water partition coefficient (Wildman–Crippen LogP) is 3.55. The quantitative estimate of drug-likeness (QED) is 0.728. The third-order valence-electron chi connectivity index (χ3n) is 2.71. The Kier molecular flexibility index (Phi) is 4.88. The lowest BCUT2D eigenvalue weighted by Gasteiger charge is -2.15. The number of ketones is 1. The topological polar surface area (TPSA) is 26.3 Å². The second-order valence-corrected chi connectivity index (χ2v) is 5.05. The minimum absolute atomic E-state index is 0.0758. The van der Waals surface area contributed by atoms with Gasteiger partial charge in [0.05, 0.1) is 0 Å². The minimum atomic E-state index is -0.363. The molecule has 94 valence electrons. The maximum Gasteiger partial charge on any atom is 0.191 e. The molecule has 0 heterocycles. The van der Waals surface area contributed by atoms with Gasteiger partial charge in [0, 0.05) is 12.2 Å². The van der Waals surface area contributed by atoms with E-state index >= 15 is 0 Å². The Morgan fingerprint density at radius 3 is 2.47 bits per heavy atom. The van der Waals surface area contributed by atoms with Crippen molar-refractivity contribution >= 4 is 5.78 Å². The van der Waals surface area contributed by atoms with Gasteiger partial charge < -0.3 is 4.74 Å². The molecule has 1 aromatic carbocycles. The number of aryl methyl sites for hydroxylation is 2. The standard InChI is InChI=1S/C15H22O2/c1-10(2)9-17-13(5)15(16)14-8-11(3)6-7-12(14)4/h6-8,10,13H,9H2,1-5H3. The molecule has 17 heavy (non-hydrogen) atoms. The summed E-state index contributed by atoms with van der Waals surface area (Å²) in [6, 6.07) is 5.94. The monoisotopic (exact) mass is 234 g/mol. The van der Waals surface area contributed by atoms with Crippen molar-refractivity contribution in [2.75, 3.05) is 6.61 Å². The Morgan fingerprint density at radius 2 is 1.88 bits per heavy atom. The number of hydrogen-bond donors (Lipinski definition) is 0. The smallest absolute Gasteiger partial charge is 0.191 e. The summed E-state index contributed by atoms with van der Waals surface area (Å²) in [6.07, 6.45) is -0.363. The molecule has 0 aliphatic heterocycles. The van der Waals surface area contributed by atoms with Gasteiger partial charge >= 0.3 is 0 Å². The van der Waals surface area contributed by atoms with Gasteiger partial charge in [-0.2, -0.15) is 0 Å². The van der Waals surface area contributed by atoms with Crippen molar-refractivity contribution in [3.63, 3.8) is 0 Å². The molecule has 0 bridgehead atoms. The van der Waals surface area contributed by atoms with Gasteiger partial charge in [0.2, 0.25) is 0 Å². The first-order valence-electron chi connectivity index (χ1n) is 6.15. The molecular formula is C15H22O2. The first-order chi connectivity index (χ1) is 7.91. The van der Waals surface area contributed by atoms with Crippen LogP contribution in [0.25, 0.3) is 0 Å². The molecule has 0 fully saturated rings. The van der Waals surface area contributed by atoms with Crippen molar-refractivity contribution in [1.29, 1.82) is 0 Å². The van der Waals surface area contributed by atoms with Crippen LogP contribution < -0.4 is 0 Å². The third kappa shape index (κ3) is 3.97. The van der Waals surface area contributed by atoms with Gasteiger partial charge in [-0.05, 0) is 38.3 Å². The van der Waals surface area contributed by atoms with Crippen LogP contribution in [0.2, 0.25) is 0 Å². The fourth-order valence-electron chi connectivity index (χ4n) is 1.63. The Bertz CT molecular complexity index is 394. The number of Topliss-reactive ketones (excluding diaryl/α,β-unsaturated/α-hetero) is 1. The van der Waals surface area contributed by atoms with Crippen LogP contribution in [0.3, 0.4) is 0 Å². The average molecular weight is 234 g/mol. The Labute approximate surface area is 104 Å². The van der Waals surface area contributed by atoms with Crippen LogP contribution in [-0.4, -0.2) is 18.5 Å². The Balaban J connectivity index is 2.78. The SMILES string of the molecule is Cc1ccc(C)c(C(=O)C(C)OCC(C)C)c1. The molecule has 1 unspecified atom stereocenters. The molecular weight excluding hydrogens is 212 g/mol. The minimum Gasteiger partial charge on any atom is -0.370 e. The van der Waals surface area contributed by atoms with E-state index in [0.29, 0.717) is 12.5 Å². The highest BCUT2D eigenvalue weighted by Crippen LogP contribution is 2.14. The summed E-state index contributed by atoms with van der Waals surface area (Å²) in [7, 11) is 0. The maximum absolute atomic E-state index is 12.2. The van der Waals surface area contributed by atoms with Gasteiger partial charge in [-0.1, -0.05) is 31.5 Å². The third-order valence-corrected chi connectivity index (χ3v) is 2.71. The second-order valence-electron chi connectivity index (χ2n) is 5.05. The van der Waals surface area contributed by atoms with E-state index in [1.54, 1.807) is 0 Å². The first-order valence-corrected chi connectivity index (χ1v) is 6.15. The Hall–Kier alpha value is -1.15. The van der Waals surface area contributed by atoms with Crippen LogP contribution in [0, 0.1) is 19.8 Å². The molecule has 1 aromatic rings. The van der Waals surface area contributed by atoms with Crippen LogP contribution in [0.15, 0.2) is 18.2 Å². The highest BCUT2D eigenvalue weighted by atomic mass is 16.5. The summed E-state index contributed by atoms with van der Waals surface area (Å²) in [5, 5.41) is 0. The highest BCUT2D eigenvalue weighted by Gasteiger charge is 2.18. The van der Waals surface area contributed by atoms with Gasteiger partial charge in [-0.3, -0.25) is 4.79 Å². The van der Waals surface area contributed by atoms with Crippen molar-refractivity contribution < 1.29 is 9.53 Å². The van der Waals surface area contributed by atoms with Gasteiger partial charge in [-0.15, -0.1) is 0 Å². The normalized spacial score (nSPS) is 12.8. The molecule has 0 amide bonds. The molecule has 0 saturated carbocycles. The molecule has 2 heteroatoms. The van der Waals surface area contributed by atoms with Crippen LogP contribution in [0.4, 0.5) is 0 Å². The summed E-state index contributed by atoms with van der Waals surface area (Å²) in [5.74, 6) is 0.524. The van der Waals surface area contributed by atoms with Gasteiger partial charge in [0.25, 0.3) is 0 Å². The van der Waals surface area contributed by atoms with Crippen molar-refractivity contribution in [3.05, 3.63) is 34.9 Å². The summed E-state index contributed by atoms with van der Waals surface area (Å²) in [5.41, 5.74) is 2.90. The lowest BCUT2D eigenvalue weighted by atomic mass is 9.99. The van der Waals surface area contributed by atoms with Crippen molar-refractivity contribution in [3.8, 4) is 0 Å². The second kappa shape index (κ2) is 5.97. The number of benzene rings is 1. The zero-order valence-electron chi connectivity index (χ0n) is 11.4. The lowest BCUT2D eigenvalue weighted by Crippen LogP contribution is -2.23. The summed E-state index contributed by atoms with van der Waals surface area (Å²) in [4.78, 5) is 12.2. The van der Waals surface area contributed by atoms with Crippen molar-refractivity contribution in [2.24, 2.45) is 5.92 Å². The predicted molar refractivity (Wildman–Crippen MR) is 70.5 cm³/mol. The van der Waals surface area contributed by atoms with Crippen LogP contribution in [0.5, 0.6) is 0 Å². The average Bonchev–Trinajstić information content (AvgIpc) is 2.28. The fraction of sp³-hybridized carbons (Fsp3) is 0.533. The molecule has 2 nitrogen and oxygen atoms in total. The molecule has 1 rings (SSSR count). The van der Waals surface area contributed by atoms with E-state index in [2.05, 4.69) is 13.8 Å². The molecule has 0 N–H and O–H groups in total. The van der Waals surface area contributed by atoms with E-state index in [1.807, 2.05) is 39.0 Å². The van der Waals surface area contributed by atoms with Crippen molar-refractivity contribution in [1.82, 2.24) is 0 Å². The zero-order chi connectivity index (χ0) is 13.0. The van der Waals surface area contributed by atoms with E-state index in [1.165, 1.54) is 0 Å². The first kappa shape index (κ1) is 13.9. The van der Waals surface area contributed by atoms with Crippen molar-refractivity contribution in [2.45, 2.75) is 40.7 Å². The van der Waals surface area contributed by atoms with Crippen LogP contribution >= 0.6 is 0 Å². The molecule has 0 spiro atoms.